The topological polar surface area (TPSA) is 9.23 Å². The van der Waals surface area contributed by atoms with E-state index >= 15 is 0 Å². The van der Waals surface area contributed by atoms with Crippen LogP contribution in [0.1, 0.15) is 23.6 Å². The Morgan fingerprint density at radius 1 is 0.652 bits per heavy atom. The minimum atomic E-state index is -0.514. The summed E-state index contributed by atoms with van der Waals surface area (Å²) in [6, 6.07) is 31.7. The van der Waals surface area contributed by atoms with Crippen LogP contribution in [0, 0.1) is 0 Å². The molecule has 0 aromatic heterocycles. The molecule has 0 heterocycles. The molecule has 114 valence electrons. The molecule has 3 aromatic carbocycles. The van der Waals surface area contributed by atoms with Crippen LogP contribution in [0.4, 0.5) is 0 Å². The molecule has 0 aliphatic carbocycles. The van der Waals surface area contributed by atoms with E-state index in [1.165, 1.54) is 16.7 Å². The Balaban J connectivity index is 2.25. The molecule has 0 N–H and O–H groups in total. The molecule has 0 atom stereocenters. The summed E-state index contributed by atoms with van der Waals surface area (Å²) in [5, 5.41) is 1.11. The van der Waals surface area contributed by atoms with Gasteiger partial charge in [0.25, 0.3) is 0 Å². The van der Waals surface area contributed by atoms with Crippen LogP contribution < -0.4 is 0 Å². The summed E-state index contributed by atoms with van der Waals surface area (Å²) in [5.74, 6) is 0. The molecule has 0 aliphatic rings. The number of hydrogen-bond acceptors (Lipinski definition) is 1. The SMILES string of the molecule is C[CH2][Ge][O]C(c1ccccc1)(c1ccccc1)c1ccccc1. The van der Waals surface area contributed by atoms with Crippen molar-refractivity contribution in [3.8, 4) is 0 Å². The minimum absolute atomic E-state index is 0.482. The summed E-state index contributed by atoms with van der Waals surface area (Å²) >= 11 is -0.482. The molecule has 0 fully saturated rings. The summed E-state index contributed by atoms with van der Waals surface area (Å²) in [4.78, 5) is 0. The molecular formula is C21H20GeO. The maximum atomic E-state index is 6.66. The number of benzene rings is 3. The molecule has 0 amide bonds. The van der Waals surface area contributed by atoms with Crippen LogP contribution in [0.25, 0.3) is 0 Å². The normalized spacial score (nSPS) is 11.3. The van der Waals surface area contributed by atoms with E-state index in [1.54, 1.807) is 0 Å². The monoisotopic (exact) mass is 362 g/mol. The first-order chi connectivity index (χ1) is 11.4. The van der Waals surface area contributed by atoms with Crippen molar-refractivity contribution in [3.63, 3.8) is 0 Å². The molecule has 2 radical (unpaired) electrons. The Morgan fingerprint density at radius 2 is 1.00 bits per heavy atom. The second kappa shape index (κ2) is 7.62. The van der Waals surface area contributed by atoms with Crippen LogP contribution in [0.3, 0.4) is 0 Å². The third-order valence-electron chi connectivity index (χ3n) is 3.91. The van der Waals surface area contributed by atoms with Gasteiger partial charge in [-0.05, 0) is 0 Å². The van der Waals surface area contributed by atoms with Crippen LogP contribution in [0.2, 0.25) is 5.25 Å². The third kappa shape index (κ3) is 3.26. The number of rotatable bonds is 6. The maximum absolute atomic E-state index is 6.66. The van der Waals surface area contributed by atoms with Gasteiger partial charge in [0.1, 0.15) is 0 Å². The van der Waals surface area contributed by atoms with Gasteiger partial charge in [-0.3, -0.25) is 0 Å². The van der Waals surface area contributed by atoms with Crippen molar-refractivity contribution in [3.05, 3.63) is 108 Å². The van der Waals surface area contributed by atoms with Gasteiger partial charge in [-0.15, -0.1) is 0 Å². The molecule has 0 spiro atoms. The van der Waals surface area contributed by atoms with Gasteiger partial charge in [-0.1, -0.05) is 0 Å². The van der Waals surface area contributed by atoms with Gasteiger partial charge in [-0.2, -0.15) is 0 Å². The summed E-state index contributed by atoms with van der Waals surface area (Å²) in [5.41, 5.74) is 3.05. The van der Waals surface area contributed by atoms with E-state index in [2.05, 4.69) is 97.9 Å². The molecular weight excluding hydrogens is 341 g/mol. The van der Waals surface area contributed by atoms with E-state index in [0.29, 0.717) is 0 Å². The second-order valence-electron chi connectivity index (χ2n) is 5.38. The van der Waals surface area contributed by atoms with Crippen molar-refractivity contribution in [1.82, 2.24) is 0 Å². The molecule has 23 heavy (non-hydrogen) atoms. The van der Waals surface area contributed by atoms with Gasteiger partial charge >= 0.3 is 145 Å². The fourth-order valence-corrected chi connectivity index (χ4v) is 4.37. The van der Waals surface area contributed by atoms with Crippen LogP contribution in [-0.2, 0) is 9.36 Å². The second-order valence-corrected chi connectivity index (χ2v) is 7.90. The van der Waals surface area contributed by atoms with Gasteiger partial charge in [0.15, 0.2) is 0 Å². The molecule has 0 saturated heterocycles. The van der Waals surface area contributed by atoms with E-state index in [-0.39, 0.29) is 0 Å². The zero-order chi connectivity index (χ0) is 16.0. The Labute approximate surface area is 145 Å². The van der Waals surface area contributed by atoms with Crippen LogP contribution in [-0.4, -0.2) is 15.8 Å². The van der Waals surface area contributed by atoms with Gasteiger partial charge in [0.05, 0.1) is 0 Å². The summed E-state index contributed by atoms with van der Waals surface area (Å²) in [6.07, 6.45) is 0. The first kappa shape index (κ1) is 16.0. The van der Waals surface area contributed by atoms with Crippen molar-refractivity contribution in [2.75, 3.05) is 0 Å². The van der Waals surface area contributed by atoms with Crippen LogP contribution in [0.15, 0.2) is 91.0 Å². The predicted octanol–water partition coefficient (Wildman–Crippen LogP) is 5.05. The van der Waals surface area contributed by atoms with Gasteiger partial charge in [0.2, 0.25) is 0 Å². The fraction of sp³-hybridized carbons (Fsp3) is 0.143. The van der Waals surface area contributed by atoms with E-state index in [4.69, 9.17) is 3.76 Å². The summed E-state index contributed by atoms with van der Waals surface area (Å²) in [7, 11) is 0. The van der Waals surface area contributed by atoms with Crippen LogP contribution >= 0.6 is 0 Å². The molecule has 2 heteroatoms. The molecule has 3 rings (SSSR count). The van der Waals surface area contributed by atoms with Gasteiger partial charge in [-0.25, -0.2) is 0 Å². The summed E-state index contributed by atoms with van der Waals surface area (Å²) < 4.78 is 6.66. The van der Waals surface area contributed by atoms with E-state index in [1.807, 2.05) is 0 Å². The van der Waals surface area contributed by atoms with E-state index < -0.39 is 21.4 Å². The van der Waals surface area contributed by atoms with Crippen molar-refractivity contribution in [2.24, 2.45) is 0 Å². The van der Waals surface area contributed by atoms with Crippen LogP contribution in [0.5, 0.6) is 0 Å². The molecule has 1 nitrogen and oxygen atoms in total. The standard InChI is InChI=1S/C21H20GeO/c1-2-22-23-21(18-12-6-3-7-13-18,19-14-8-4-9-15-19)20-16-10-5-11-17-20/h3-17H,2H2,1H3. The van der Waals surface area contributed by atoms with Gasteiger partial charge < -0.3 is 0 Å². The quantitative estimate of drug-likeness (QED) is 0.441. The molecule has 0 unspecified atom stereocenters. The Morgan fingerprint density at radius 3 is 1.30 bits per heavy atom. The zero-order valence-corrected chi connectivity index (χ0v) is 15.4. The van der Waals surface area contributed by atoms with Gasteiger partial charge in [0, 0.05) is 0 Å². The molecule has 0 aliphatic heterocycles. The fourth-order valence-electron chi connectivity index (χ4n) is 2.88. The van der Waals surface area contributed by atoms with Crippen molar-refractivity contribution >= 4 is 15.8 Å². The first-order valence-corrected chi connectivity index (χ1v) is 10.3. The average molecular weight is 361 g/mol. The van der Waals surface area contributed by atoms with E-state index in [0.717, 1.165) is 5.25 Å². The number of hydrogen-bond donors (Lipinski definition) is 0. The zero-order valence-electron chi connectivity index (χ0n) is 13.3. The molecule has 3 aromatic rings. The first-order valence-electron chi connectivity index (χ1n) is 7.95. The molecule has 0 saturated carbocycles. The van der Waals surface area contributed by atoms with Crippen molar-refractivity contribution < 1.29 is 3.76 Å². The van der Waals surface area contributed by atoms with Crippen molar-refractivity contribution in [1.29, 1.82) is 0 Å². The average Bonchev–Trinajstić information content (AvgIpc) is 2.65. The Hall–Kier alpha value is -1.84. The van der Waals surface area contributed by atoms with E-state index in [9.17, 15) is 0 Å². The Bertz CT molecular complexity index is 614. The van der Waals surface area contributed by atoms with Crippen molar-refractivity contribution in [2.45, 2.75) is 17.8 Å². The third-order valence-corrected chi connectivity index (χ3v) is 5.46. The molecule has 0 bridgehead atoms. The summed E-state index contributed by atoms with van der Waals surface area (Å²) in [6.45, 7) is 2.20. The Kier molecular flexibility index (Phi) is 5.32. The predicted molar refractivity (Wildman–Crippen MR) is 96.5 cm³/mol.